The van der Waals surface area contributed by atoms with Gasteiger partial charge >= 0.3 is 117 Å². The predicted octanol–water partition coefficient (Wildman–Crippen LogP) is 2.29. The molecule has 0 fully saturated rings. The Morgan fingerprint density at radius 1 is 0.947 bits per heavy atom. The summed E-state index contributed by atoms with van der Waals surface area (Å²) in [5.74, 6) is 0. The van der Waals surface area contributed by atoms with Gasteiger partial charge < -0.3 is 0 Å². The molecule has 0 atom stereocenters. The third kappa shape index (κ3) is 1.92. The van der Waals surface area contributed by atoms with Crippen molar-refractivity contribution in [3.05, 3.63) is 21.5 Å². The van der Waals surface area contributed by atoms with Gasteiger partial charge in [-0.25, -0.2) is 0 Å². The van der Waals surface area contributed by atoms with Crippen molar-refractivity contribution in [2.75, 3.05) is 42.3 Å². The van der Waals surface area contributed by atoms with Gasteiger partial charge in [-0.15, -0.1) is 0 Å². The third-order valence-electron chi connectivity index (χ3n) is 4.43. The van der Waals surface area contributed by atoms with Gasteiger partial charge in [0, 0.05) is 0 Å². The van der Waals surface area contributed by atoms with Crippen molar-refractivity contribution in [3.8, 4) is 0 Å². The number of hydrogen-bond acceptors (Lipinski definition) is 3. The van der Waals surface area contributed by atoms with E-state index >= 15 is 0 Å². The molecular formula is C11H23F3GeN3Zr. The fraction of sp³-hybridized carbons (Fsp3) is 0.636. The SMILES string of the molecule is C[N](C)[Zr]([C]1=CC=CC1)([N](C)C)([N](C)C)[Ge]([F])([F])[F]. The monoisotopic (exact) mass is 418 g/mol. The summed E-state index contributed by atoms with van der Waals surface area (Å²) in [6.45, 7) is 0. The van der Waals surface area contributed by atoms with E-state index in [9.17, 15) is 10.5 Å². The van der Waals surface area contributed by atoms with Crippen molar-refractivity contribution in [1.29, 1.82) is 0 Å². The summed E-state index contributed by atoms with van der Waals surface area (Å²) in [6, 6.07) is 0. The van der Waals surface area contributed by atoms with Crippen LogP contribution >= 0.6 is 0 Å². The summed E-state index contributed by atoms with van der Waals surface area (Å²) in [5, 5.41) is 0. The van der Waals surface area contributed by atoms with Crippen LogP contribution in [0.25, 0.3) is 0 Å². The van der Waals surface area contributed by atoms with Crippen LogP contribution in [-0.4, -0.2) is 61.7 Å². The molecule has 1 aliphatic carbocycles. The molecule has 0 aromatic carbocycles. The molecule has 0 aromatic heterocycles. The Bertz CT molecular complexity index is 391. The van der Waals surface area contributed by atoms with Crippen molar-refractivity contribution in [1.82, 2.24) is 8.53 Å². The van der Waals surface area contributed by atoms with Crippen molar-refractivity contribution in [2.45, 2.75) is 6.42 Å². The quantitative estimate of drug-likeness (QED) is 0.635. The van der Waals surface area contributed by atoms with E-state index in [4.69, 9.17) is 0 Å². The van der Waals surface area contributed by atoms with Crippen LogP contribution in [0.5, 0.6) is 0 Å². The molecule has 111 valence electrons. The van der Waals surface area contributed by atoms with Crippen LogP contribution in [0.4, 0.5) is 10.5 Å². The number of halogens is 3. The van der Waals surface area contributed by atoms with Gasteiger partial charge in [-0.05, 0) is 0 Å². The van der Waals surface area contributed by atoms with Gasteiger partial charge in [0.2, 0.25) is 0 Å². The normalized spacial score (nSPS) is 19.2. The molecule has 1 rings (SSSR count). The van der Waals surface area contributed by atoms with Crippen molar-refractivity contribution in [3.63, 3.8) is 0 Å². The molecule has 0 saturated carbocycles. The molecule has 0 bridgehead atoms. The summed E-state index contributed by atoms with van der Waals surface area (Å²) in [5.41, 5.74) is 0. The Hall–Kier alpha value is 0.576. The van der Waals surface area contributed by atoms with Crippen molar-refractivity contribution >= 4 is 10.9 Å². The molecule has 8 heteroatoms. The van der Waals surface area contributed by atoms with Crippen LogP contribution in [0.2, 0.25) is 0 Å². The Morgan fingerprint density at radius 2 is 1.37 bits per heavy atom. The van der Waals surface area contributed by atoms with E-state index in [1.807, 2.05) is 6.08 Å². The summed E-state index contributed by atoms with van der Waals surface area (Å²) >= 11 is -5.50. The molecule has 0 aliphatic heterocycles. The van der Waals surface area contributed by atoms with E-state index in [-0.39, 0.29) is 0 Å². The molecule has 0 radical (unpaired) electrons. The van der Waals surface area contributed by atoms with E-state index < -0.39 is 28.0 Å². The molecule has 0 amide bonds. The molecule has 1 aliphatic rings. The molecule has 0 saturated heterocycles. The number of nitrogens with zero attached hydrogens (tertiary/aromatic N) is 3. The summed E-state index contributed by atoms with van der Waals surface area (Å²) in [4.78, 5) is 0. The Balaban J connectivity index is 3.80. The van der Waals surface area contributed by atoms with Crippen LogP contribution in [0, 0.1) is 0 Å². The fourth-order valence-corrected chi connectivity index (χ4v) is 46.5. The first-order chi connectivity index (χ1) is 8.54. The fourth-order valence-electron chi connectivity index (χ4n) is 3.79. The van der Waals surface area contributed by atoms with Gasteiger partial charge in [-0.2, -0.15) is 0 Å². The first-order valence-electron chi connectivity index (χ1n) is 6.14. The van der Waals surface area contributed by atoms with E-state index in [0.717, 1.165) is 0 Å². The maximum atomic E-state index is 14.5. The minimum atomic E-state index is -6.55. The molecule has 0 N–H and O–H groups in total. The van der Waals surface area contributed by atoms with Crippen LogP contribution < -0.4 is 0 Å². The van der Waals surface area contributed by atoms with Crippen LogP contribution in [-0.2, 0) is 17.1 Å². The Morgan fingerprint density at radius 3 is 1.58 bits per heavy atom. The second-order valence-electron chi connectivity index (χ2n) is 5.60. The third-order valence-corrected chi connectivity index (χ3v) is 56.9. The van der Waals surface area contributed by atoms with Gasteiger partial charge in [0.1, 0.15) is 0 Å². The van der Waals surface area contributed by atoms with Gasteiger partial charge in [0.25, 0.3) is 0 Å². The van der Waals surface area contributed by atoms with E-state index in [0.29, 0.717) is 9.70 Å². The van der Waals surface area contributed by atoms with Crippen molar-refractivity contribution in [2.24, 2.45) is 0 Å². The second kappa shape index (κ2) is 5.41. The van der Waals surface area contributed by atoms with E-state index in [2.05, 4.69) is 0 Å². The molecule has 0 heterocycles. The summed E-state index contributed by atoms with van der Waals surface area (Å²) in [7, 11) is 3.05. The second-order valence-corrected chi connectivity index (χ2v) is 39.9. The first kappa shape index (κ1) is 17.6. The molecule has 0 spiro atoms. The zero-order chi connectivity index (χ0) is 15.1. The molecule has 3 nitrogen and oxygen atoms in total. The van der Waals surface area contributed by atoms with Gasteiger partial charge in [0.05, 0.1) is 0 Å². The minimum absolute atomic E-state index is 0.421. The zero-order valence-corrected chi connectivity index (χ0v) is 17.0. The molecule has 0 unspecified atom stereocenters. The van der Waals surface area contributed by atoms with Crippen LogP contribution in [0.3, 0.4) is 0 Å². The zero-order valence-electron chi connectivity index (χ0n) is 12.4. The summed E-state index contributed by atoms with van der Waals surface area (Å²) < 4.78 is 48.7. The average molecular weight is 418 g/mol. The van der Waals surface area contributed by atoms with Gasteiger partial charge in [-0.1, -0.05) is 0 Å². The number of allylic oxidation sites excluding steroid dienone is 4. The molecular weight excluding hydrogens is 395 g/mol. The topological polar surface area (TPSA) is 9.72 Å². The maximum absolute atomic E-state index is 14.5. The molecule has 19 heavy (non-hydrogen) atoms. The number of rotatable bonds is 5. The van der Waals surface area contributed by atoms with Crippen molar-refractivity contribution < 1.29 is 27.6 Å². The van der Waals surface area contributed by atoms with Crippen LogP contribution in [0.15, 0.2) is 21.5 Å². The number of hydrogen-bond donors (Lipinski definition) is 0. The Kier molecular flexibility index (Phi) is 5.02. The first-order valence-corrected chi connectivity index (χ1v) is 20.5. The van der Waals surface area contributed by atoms with Gasteiger partial charge in [0.15, 0.2) is 0 Å². The standard InChI is InChI=1S/C5H5.3C2H6N.F3Ge.Zr/c1-2-4-5-3-1;3*1-3-2;1-4(2)3;/h1-3H,4H2;3*1-2H3;;/q;3*-1;;+3. The predicted molar refractivity (Wildman–Crippen MR) is 72.0 cm³/mol. The summed E-state index contributed by atoms with van der Waals surface area (Å²) in [6.07, 6.45) is 5.70. The Labute approximate surface area is 117 Å². The van der Waals surface area contributed by atoms with Crippen LogP contribution in [0.1, 0.15) is 6.42 Å². The molecule has 0 aromatic rings. The van der Waals surface area contributed by atoms with E-state index in [1.54, 1.807) is 54.4 Å². The van der Waals surface area contributed by atoms with Gasteiger partial charge in [-0.3, -0.25) is 0 Å². The average Bonchev–Trinajstić information content (AvgIpc) is 2.68. The van der Waals surface area contributed by atoms with E-state index in [1.165, 1.54) is 8.53 Å².